The second kappa shape index (κ2) is 12.4. The van der Waals surface area contributed by atoms with Gasteiger partial charge in [0, 0.05) is 33.5 Å². The van der Waals surface area contributed by atoms with Gasteiger partial charge in [-0.25, -0.2) is 15.0 Å². The average molecular weight is 663 g/mol. The molecule has 0 saturated carbocycles. The first kappa shape index (κ1) is 29.8. The highest BCUT2D eigenvalue weighted by atomic mass is 14.8. The molecule has 0 N–H and O–H groups in total. The van der Waals surface area contributed by atoms with Gasteiger partial charge in [0.05, 0.1) is 39.3 Å². The minimum Gasteiger partial charge on any atom is -0.255 e. The van der Waals surface area contributed by atoms with Crippen LogP contribution in [-0.4, -0.2) is 19.9 Å². The number of nitrogens with zero attached hydrogens (tertiary/aromatic N) is 4. The fraction of sp³-hybridized carbons (Fsp3) is 0. The molecule has 10 aromatic rings. The molecule has 0 atom stereocenters. The molecular formula is C48H30N4. The minimum atomic E-state index is 0.874. The normalized spacial score (nSPS) is 11.5. The van der Waals surface area contributed by atoms with Crippen molar-refractivity contribution >= 4 is 43.5 Å². The molecule has 4 heteroatoms. The summed E-state index contributed by atoms with van der Waals surface area (Å²) in [6.45, 7) is 0. The van der Waals surface area contributed by atoms with Crippen molar-refractivity contribution in [3.63, 3.8) is 0 Å². The molecule has 4 aromatic heterocycles. The van der Waals surface area contributed by atoms with E-state index >= 15 is 0 Å². The smallest absolute Gasteiger partial charge is 0.0972 e. The zero-order valence-corrected chi connectivity index (χ0v) is 28.1. The summed E-state index contributed by atoms with van der Waals surface area (Å²) in [5, 5.41) is 5.60. The van der Waals surface area contributed by atoms with Gasteiger partial charge >= 0.3 is 0 Å². The largest absolute Gasteiger partial charge is 0.255 e. The van der Waals surface area contributed by atoms with Crippen LogP contribution in [0.2, 0.25) is 0 Å². The van der Waals surface area contributed by atoms with Gasteiger partial charge in [0.2, 0.25) is 0 Å². The van der Waals surface area contributed by atoms with Gasteiger partial charge in [-0.15, -0.1) is 0 Å². The molecule has 6 aromatic carbocycles. The van der Waals surface area contributed by atoms with Crippen LogP contribution in [0.4, 0.5) is 0 Å². The summed E-state index contributed by atoms with van der Waals surface area (Å²) in [7, 11) is 0. The monoisotopic (exact) mass is 662 g/mol. The lowest BCUT2D eigenvalue weighted by Crippen LogP contribution is -1.92. The van der Waals surface area contributed by atoms with Gasteiger partial charge in [-0.1, -0.05) is 127 Å². The van der Waals surface area contributed by atoms with Gasteiger partial charge < -0.3 is 0 Å². The predicted molar refractivity (Wildman–Crippen MR) is 215 cm³/mol. The van der Waals surface area contributed by atoms with E-state index in [0.29, 0.717) is 0 Å². The Morgan fingerprint density at radius 2 is 0.923 bits per heavy atom. The number of rotatable bonds is 5. The van der Waals surface area contributed by atoms with Crippen molar-refractivity contribution < 1.29 is 0 Å². The summed E-state index contributed by atoms with van der Waals surface area (Å²) in [4.78, 5) is 19.8. The molecule has 0 fully saturated rings. The van der Waals surface area contributed by atoms with Crippen molar-refractivity contribution in [1.29, 1.82) is 0 Å². The van der Waals surface area contributed by atoms with E-state index < -0.39 is 0 Å². The van der Waals surface area contributed by atoms with Crippen molar-refractivity contribution in [2.24, 2.45) is 0 Å². The zero-order chi connectivity index (χ0) is 34.4. The summed E-state index contributed by atoms with van der Waals surface area (Å²) in [6, 6.07) is 61.6. The molecule has 0 unspecified atom stereocenters. The Hall–Kier alpha value is -7.04. The average Bonchev–Trinajstić information content (AvgIpc) is 3.23. The van der Waals surface area contributed by atoms with Crippen LogP contribution in [-0.2, 0) is 0 Å². The maximum Gasteiger partial charge on any atom is 0.0972 e. The third kappa shape index (κ3) is 5.26. The Morgan fingerprint density at radius 1 is 0.308 bits per heavy atom. The van der Waals surface area contributed by atoms with Gasteiger partial charge in [0.15, 0.2) is 0 Å². The van der Waals surface area contributed by atoms with Crippen molar-refractivity contribution in [2.75, 3.05) is 0 Å². The van der Waals surface area contributed by atoms with E-state index in [-0.39, 0.29) is 0 Å². The standard InChI is InChI=1S/C48H30N4/c1-2-9-31(10-3-1)42-24-18-32-16-17-33-19-26-44(52-48(33)47(32)51-42)41-23-22-38(39-13-4-5-14-40(39)41)36-12-8-11-34(29-36)35-20-25-43-37(30-35)21-27-46(50-43)45-15-6-7-28-49-45/h1-30H. The van der Waals surface area contributed by atoms with Gasteiger partial charge in [-0.2, -0.15) is 0 Å². The molecule has 4 nitrogen and oxygen atoms in total. The molecule has 10 rings (SSSR count). The Kier molecular flexibility index (Phi) is 7.10. The van der Waals surface area contributed by atoms with E-state index in [1.807, 2.05) is 42.5 Å². The summed E-state index contributed by atoms with van der Waals surface area (Å²) < 4.78 is 0. The zero-order valence-electron chi connectivity index (χ0n) is 28.1. The van der Waals surface area contributed by atoms with Crippen LogP contribution in [0.3, 0.4) is 0 Å². The minimum absolute atomic E-state index is 0.874. The Bertz CT molecular complexity index is 2960. The highest BCUT2D eigenvalue weighted by Crippen LogP contribution is 2.38. The molecule has 0 aliphatic carbocycles. The van der Waals surface area contributed by atoms with Crippen molar-refractivity contribution in [1.82, 2.24) is 19.9 Å². The number of hydrogen-bond acceptors (Lipinski definition) is 4. The molecule has 0 saturated heterocycles. The van der Waals surface area contributed by atoms with Crippen LogP contribution in [0, 0.1) is 0 Å². The summed E-state index contributed by atoms with van der Waals surface area (Å²) >= 11 is 0. The Labute approximate surface area is 300 Å². The van der Waals surface area contributed by atoms with Gasteiger partial charge in [0.25, 0.3) is 0 Å². The lowest BCUT2D eigenvalue weighted by molar-refractivity contribution is 1.28. The molecule has 0 bridgehead atoms. The molecule has 0 aliphatic heterocycles. The van der Waals surface area contributed by atoms with E-state index in [0.717, 1.165) is 83.1 Å². The van der Waals surface area contributed by atoms with Crippen LogP contribution in [0.1, 0.15) is 0 Å². The summed E-state index contributed by atoms with van der Waals surface area (Å²) in [5.74, 6) is 0. The van der Waals surface area contributed by atoms with E-state index in [4.69, 9.17) is 15.0 Å². The lowest BCUT2D eigenvalue weighted by Gasteiger charge is -2.14. The molecule has 4 heterocycles. The molecule has 0 radical (unpaired) electrons. The van der Waals surface area contributed by atoms with Gasteiger partial charge in [-0.3, -0.25) is 4.98 Å². The van der Waals surface area contributed by atoms with Crippen molar-refractivity contribution in [2.45, 2.75) is 0 Å². The van der Waals surface area contributed by atoms with Crippen LogP contribution >= 0.6 is 0 Å². The molecule has 242 valence electrons. The second-order valence-corrected chi connectivity index (χ2v) is 13.1. The van der Waals surface area contributed by atoms with Crippen LogP contribution < -0.4 is 0 Å². The molecule has 0 amide bonds. The topological polar surface area (TPSA) is 51.6 Å². The van der Waals surface area contributed by atoms with E-state index in [2.05, 4.69) is 138 Å². The Balaban J connectivity index is 1.04. The van der Waals surface area contributed by atoms with Crippen molar-refractivity contribution in [3.8, 4) is 56.2 Å². The number of fused-ring (bicyclic) bond motifs is 5. The molecule has 0 aliphatic rings. The highest BCUT2D eigenvalue weighted by Gasteiger charge is 2.14. The number of hydrogen-bond donors (Lipinski definition) is 0. The second-order valence-electron chi connectivity index (χ2n) is 13.1. The van der Waals surface area contributed by atoms with E-state index in [1.165, 1.54) is 16.5 Å². The van der Waals surface area contributed by atoms with Gasteiger partial charge in [0.1, 0.15) is 0 Å². The molecular weight excluding hydrogens is 633 g/mol. The number of benzene rings is 6. The SMILES string of the molecule is c1ccc(-c2ccc3ccc4ccc(-c5ccc(-c6cccc(-c7ccc8nc(-c9ccccn9)ccc8c7)c6)c6ccccc56)nc4c3n2)cc1. The predicted octanol–water partition coefficient (Wildman–Crippen LogP) is 12.2. The summed E-state index contributed by atoms with van der Waals surface area (Å²) in [6.07, 6.45) is 1.80. The first-order chi connectivity index (χ1) is 25.7. The van der Waals surface area contributed by atoms with Gasteiger partial charge in [-0.05, 0) is 81.6 Å². The molecule has 0 spiro atoms. The Morgan fingerprint density at radius 3 is 1.73 bits per heavy atom. The summed E-state index contributed by atoms with van der Waals surface area (Å²) in [5.41, 5.74) is 13.2. The fourth-order valence-electron chi connectivity index (χ4n) is 7.29. The molecule has 52 heavy (non-hydrogen) atoms. The maximum atomic E-state index is 5.29. The third-order valence-electron chi connectivity index (χ3n) is 9.91. The fourth-order valence-corrected chi connectivity index (χ4v) is 7.29. The third-order valence-corrected chi connectivity index (χ3v) is 9.91. The highest BCUT2D eigenvalue weighted by molar-refractivity contribution is 6.07. The van der Waals surface area contributed by atoms with Crippen LogP contribution in [0.25, 0.3) is 99.6 Å². The van der Waals surface area contributed by atoms with Crippen LogP contribution in [0.15, 0.2) is 182 Å². The number of aromatic nitrogens is 4. The maximum absolute atomic E-state index is 5.29. The quantitative estimate of drug-likeness (QED) is 0.172. The lowest BCUT2D eigenvalue weighted by atomic mass is 9.92. The number of pyridine rings is 4. The first-order valence-electron chi connectivity index (χ1n) is 17.5. The van der Waals surface area contributed by atoms with E-state index in [9.17, 15) is 0 Å². The van der Waals surface area contributed by atoms with E-state index in [1.54, 1.807) is 6.20 Å². The first-order valence-corrected chi connectivity index (χ1v) is 17.5. The van der Waals surface area contributed by atoms with Crippen molar-refractivity contribution in [3.05, 3.63) is 182 Å². The van der Waals surface area contributed by atoms with Crippen LogP contribution in [0.5, 0.6) is 0 Å².